The van der Waals surface area contributed by atoms with Crippen LogP contribution in [0.3, 0.4) is 0 Å². The number of aromatic nitrogens is 4. The normalized spacial score (nSPS) is 11.0. The largest absolute Gasteiger partial charge is 0.506 e. The summed E-state index contributed by atoms with van der Waals surface area (Å²) in [7, 11) is 0. The molecule has 0 unspecified atom stereocenters. The summed E-state index contributed by atoms with van der Waals surface area (Å²) in [6.45, 7) is 6.85. The van der Waals surface area contributed by atoms with Gasteiger partial charge in [0.15, 0.2) is 0 Å². The number of non-ortho nitro benzene ring substituents is 1. The van der Waals surface area contributed by atoms with Crippen molar-refractivity contribution in [2.24, 2.45) is 0 Å². The fourth-order valence-corrected chi connectivity index (χ4v) is 6.69. The number of aromatic hydroxyl groups is 1. The van der Waals surface area contributed by atoms with E-state index in [-0.39, 0.29) is 46.7 Å². The smallest absolute Gasteiger partial charge is 0.289 e. The summed E-state index contributed by atoms with van der Waals surface area (Å²) >= 11 is 0.823. The molecule has 1 aromatic heterocycles. The molecule has 0 radical (unpaired) electrons. The number of nitro benzene ring substituents is 1. The Morgan fingerprint density at radius 2 is 1.67 bits per heavy atom. The first-order valence-electron chi connectivity index (χ1n) is 17.6. The highest BCUT2D eigenvalue weighted by Crippen LogP contribution is 2.40. The summed E-state index contributed by atoms with van der Waals surface area (Å²) < 4.78 is 13.8. The lowest BCUT2D eigenvalue weighted by Crippen LogP contribution is -2.27. The summed E-state index contributed by atoms with van der Waals surface area (Å²) in [4.78, 5) is 39.9. The Morgan fingerprint density at radius 3 is 2.42 bits per heavy atom. The number of fused-ring (bicyclic) bond motifs is 1. The minimum absolute atomic E-state index is 0.00147. The number of rotatable bonds is 15. The molecule has 1 heterocycles. The van der Waals surface area contributed by atoms with Crippen molar-refractivity contribution in [3.05, 3.63) is 129 Å². The summed E-state index contributed by atoms with van der Waals surface area (Å²) in [5, 5.41) is 38.4. The lowest BCUT2D eigenvalue weighted by molar-refractivity contribution is -0.384. The number of tetrazole rings is 1. The van der Waals surface area contributed by atoms with E-state index in [9.17, 15) is 24.8 Å². The fourth-order valence-electron chi connectivity index (χ4n) is 5.90. The molecule has 0 saturated carbocycles. The molecule has 0 aliphatic heterocycles. The number of ether oxygens (including phenoxy) is 2. The van der Waals surface area contributed by atoms with Crippen LogP contribution in [-0.2, 0) is 6.54 Å². The Labute approximate surface area is 321 Å². The molecule has 5 aromatic carbocycles. The van der Waals surface area contributed by atoms with Crippen molar-refractivity contribution in [2.75, 3.05) is 19.7 Å². The zero-order chi connectivity index (χ0) is 38.9. The van der Waals surface area contributed by atoms with E-state index in [0.29, 0.717) is 48.0 Å². The maximum Gasteiger partial charge on any atom is 0.289 e. The highest BCUT2D eigenvalue weighted by Gasteiger charge is 2.24. The number of carbonyl (C=O) groups excluding carboxylic acids is 2. The summed E-state index contributed by atoms with van der Waals surface area (Å²) in [6, 6.07) is 27.6. The van der Waals surface area contributed by atoms with Crippen molar-refractivity contribution in [1.29, 1.82) is 0 Å². The topological polar surface area (TPSA) is 175 Å². The number of hydrogen-bond acceptors (Lipinski definition) is 11. The number of unbranched alkanes of at least 4 members (excludes halogenated alkanes) is 1. The minimum atomic E-state index is -0.526. The van der Waals surface area contributed by atoms with Crippen molar-refractivity contribution in [1.82, 2.24) is 30.4 Å². The maximum absolute atomic E-state index is 13.6. The number of amides is 2. The number of para-hydroxylation sites is 1. The van der Waals surface area contributed by atoms with Crippen LogP contribution in [0.15, 0.2) is 102 Å². The third-order valence-electron chi connectivity index (χ3n) is 8.76. The van der Waals surface area contributed by atoms with Gasteiger partial charge in [-0.15, -0.1) is 5.10 Å². The van der Waals surface area contributed by atoms with Crippen molar-refractivity contribution < 1.29 is 29.1 Å². The molecule has 15 heteroatoms. The van der Waals surface area contributed by atoms with Crippen LogP contribution in [-0.4, -0.2) is 66.0 Å². The molecule has 0 aliphatic carbocycles. The quantitative estimate of drug-likeness (QED) is 0.0447. The zero-order valence-electron chi connectivity index (χ0n) is 30.5. The molecule has 6 aromatic rings. The van der Waals surface area contributed by atoms with Crippen LogP contribution in [0.25, 0.3) is 16.5 Å². The molecule has 0 atom stereocenters. The fraction of sp³-hybridized carbons (Fsp3) is 0.225. The van der Waals surface area contributed by atoms with E-state index in [2.05, 4.69) is 26.9 Å². The first-order valence-corrected chi connectivity index (χ1v) is 18.4. The van der Waals surface area contributed by atoms with E-state index in [1.165, 1.54) is 33.8 Å². The number of carbonyl (C=O) groups is 2. The molecule has 0 fully saturated rings. The van der Waals surface area contributed by atoms with Crippen molar-refractivity contribution in [3.8, 4) is 28.7 Å². The van der Waals surface area contributed by atoms with E-state index >= 15 is 0 Å². The van der Waals surface area contributed by atoms with Gasteiger partial charge in [-0.2, -0.15) is 4.68 Å². The van der Waals surface area contributed by atoms with Crippen LogP contribution >= 0.6 is 11.8 Å². The number of nitro groups is 1. The van der Waals surface area contributed by atoms with Gasteiger partial charge < -0.3 is 24.8 Å². The molecular weight excluding hydrogens is 723 g/mol. The number of phenolic OH excluding ortho intramolecular Hbond substituents is 1. The number of phenols is 1. The first kappa shape index (κ1) is 38.3. The molecule has 2 N–H and O–H groups in total. The lowest BCUT2D eigenvalue weighted by atomic mass is 10.0. The Kier molecular flexibility index (Phi) is 12.2. The highest BCUT2D eigenvalue weighted by molar-refractivity contribution is 8.13. The van der Waals surface area contributed by atoms with Crippen molar-refractivity contribution in [2.45, 2.75) is 45.3 Å². The van der Waals surface area contributed by atoms with Gasteiger partial charge >= 0.3 is 0 Å². The van der Waals surface area contributed by atoms with Crippen LogP contribution in [0.1, 0.15) is 46.8 Å². The van der Waals surface area contributed by atoms with Gasteiger partial charge in [0.25, 0.3) is 16.8 Å². The number of nitrogens with one attached hydrogen (secondary N) is 1. The van der Waals surface area contributed by atoms with Gasteiger partial charge in [0.2, 0.25) is 5.16 Å². The van der Waals surface area contributed by atoms with Gasteiger partial charge in [0, 0.05) is 53.3 Å². The Balaban J connectivity index is 1.19. The molecule has 0 bridgehead atoms. The van der Waals surface area contributed by atoms with Crippen LogP contribution in [0.4, 0.5) is 10.5 Å². The predicted octanol–water partition coefficient (Wildman–Crippen LogP) is 8.16. The molecule has 0 spiro atoms. The average molecular weight is 762 g/mol. The minimum Gasteiger partial charge on any atom is -0.506 e. The molecule has 2 amide bonds. The Bertz CT molecular complexity index is 2330. The third kappa shape index (κ3) is 9.19. The number of thioether (sulfide) groups is 1. The van der Waals surface area contributed by atoms with Gasteiger partial charge in [-0.05, 0) is 79.9 Å². The molecule has 14 nitrogen and oxygen atoms in total. The van der Waals surface area contributed by atoms with Gasteiger partial charge in [0.05, 0.1) is 29.3 Å². The van der Waals surface area contributed by atoms with E-state index in [0.717, 1.165) is 28.6 Å². The van der Waals surface area contributed by atoms with Crippen LogP contribution in [0.2, 0.25) is 0 Å². The van der Waals surface area contributed by atoms with Gasteiger partial charge in [0.1, 0.15) is 23.0 Å². The van der Waals surface area contributed by atoms with Crippen LogP contribution in [0.5, 0.6) is 23.0 Å². The molecule has 55 heavy (non-hydrogen) atoms. The Hall–Kier alpha value is -6.48. The van der Waals surface area contributed by atoms with Crippen LogP contribution in [0, 0.1) is 24.0 Å². The van der Waals surface area contributed by atoms with Crippen LogP contribution < -0.4 is 14.8 Å². The van der Waals surface area contributed by atoms with Gasteiger partial charge in [-0.25, -0.2) is 0 Å². The first-order chi connectivity index (χ1) is 26.6. The number of aryl methyl sites for hydroxylation is 2. The van der Waals surface area contributed by atoms with E-state index in [4.69, 9.17) is 9.47 Å². The number of benzene rings is 5. The zero-order valence-corrected chi connectivity index (χ0v) is 31.3. The summed E-state index contributed by atoms with van der Waals surface area (Å²) in [6.07, 6.45) is 1.35. The monoisotopic (exact) mass is 761 g/mol. The average Bonchev–Trinajstić information content (AvgIpc) is 3.65. The second-order valence-electron chi connectivity index (χ2n) is 12.6. The second kappa shape index (κ2) is 17.6. The van der Waals surface area contributed by atoms with E-state index in [1.807, 2.05) is 56.3 Å². The molecule has 0 saturated heterocycles. The lowest BCUT2D eigenvalue weighted by Gasteiger charge is -2.22. The maximum atomic E-state index is 13.6. The number of hydrogen-bond donors (Lipinski definition) is 2. The number of nitrogens with zero attached hydrogens (tertiary/aromatic N) is 6. The van der Waals surface area contributed by atoms with Gasteiger partial charge in [-0.1, -0.05) is 60.2 Å². The predicted molar refractivity (Wildman–Crippen MR) is 208 cm³/mol. The Morgan fingerprint density at radius 1 is 0.927 bits per heavy atom. The highest BCUT2D eigenvalue weighted by atomic mass is 32.2. The summed E-state index contributed by atoms with van der Waals surface area (Å²) in [5.74, 6) is 0.586. The second-order valence-corrected chi connectivity index (χ2v) is 13.6. The standard InChI is InChI=1S/C40H39N7O7S/c1-4-45(40(50)55-39-42-43-44-46(39)29-12-6-5-7-13-29)25-28-23-30(47(51)52)17-19-35(28)54-36-24-33(37(48)32-15-9-8-14-31(32)36)38(49)41-20-10-11-21-53-34-18-16-26(2)22-27(34)3/h5-9,12-19,22-24,48H,4,10-11,20-21,25H2,1-3H3,(H,41,49). The van der Waals surface area contributed by atoms with E-state index in [1.54, 1.807) is 31.2 Å². The molecule has 0 aliphatic rings. The summed E-state index contributed by atoms with van der Waals surface area (Å²) in [5.41, 5.74) is 3.05. The SMILES string of the molecule is CCN(Cc1cc([N+](=O)[O-])ccc1Oc1cc(C(=O)NCCCCOc2ccc(C)cc2C)c(O)c2ccccc12)C(=O)Sc1nnnn1-c1ccccc1. The molecule has 282 valence electrons. The molecule has 6 rings (SSSR count). The third-order valence-corrected chi connectivity index (χ3v) is 9.63. The molecular formula is C40H39N7O7S. The van der Waals surface area contributed by atoms with Crippen molar-refractivity contribution >= 4 is 39.4 Å². The van der Waals surface area contributed by atoms with Crippen molar-refractivity contribution in [3.63, 3.8) is 0 Å². The van der Waals surface area contributed by atoms with E-state index < -0.39 is 16.1 Å². The van der Waals surface area contributed by atoms with Gasteiger partial charge in [-0.3, -0.25) is 19.7 Å².